The van der Waals surface area contributed by atoms with Crippen molar-refractivity contribution in [2.45, 2.75) is 25.7 Å². The number of hydrogen-bond donors (Lipinski definition) is 1. The lowest BCUT2D eigenvalue weighted by molar-refractivity contribution is 0.0667. The molecule has 1 N–H and O–H groups in total. The molecule has 5 heteroatoms. The minimum Gasteiger partial charge on any atom is -0.361 e. The first kappa shape index (κ1) is 19.0. The van der Waals surface area contributed by atoms with E-state index in [2.05, 4.69) is 34.3 Å². The van der Waals surface area contributed by atoms with Gasteiger partial charge in [-0.15, -0.1) is 0 Å². The highest BCUT2D eigenvalue weighted by atomic mass is 16.2. The summed E-state index contributed by atoms with van der Waals surface area (Å²) in [4.78, 5) is 15.5. The van der Waals surface area contributed by atoms with Crippen LogP contribution < -0.4 is 5.32 Å². The number of nitrogens with one attached hydrogen (secondary N) is 1. The van der Waals surface area contributed by atoms with Gasteiger partial charge in [-0.25, -0.2) is 0 Å². The van der Waals surface area contributed by atoms with Crippen LogP contribution >= 0.6 is 0 Å². The maximum absolute atomic E-state index is 13.6. The minimum absolute atomic E-state index is 0.0112. The number of aromatic nitrogens is 1. The molecule has 1 aromatic heterocycles. The predicted octanol–water partition coefficient (Wildman–Crippen LogP) is 5.32. The Hall–Kier alpha value is -4.04. The summed E-state index contributed by atoms with van der Waals surface area (Å²) in [5.74, 6) is 0.0112. The topological polar surface area (TPSA) is 61.1 Å². The van der Waals surface area contributed by atoms with Gasteiger partial charge in [0.2, 0.25) is 0 Å². The van der Waals surface area contributed by atoms with E-state index >= 15 is 0 Å². The van der Waals surface area contributed by atoms with E-state index in [4.69, 9.17) is 5.26 Å². The molecule has 0 aliphatic carbocycles. The molecule has 152 valence electrons. The number of nitrogens with zero attached hydrogens (tertiary/aromatic N) is 3. The molecule has 1 amide bonds. The van der Waals surface area contributed by atoms with E-state index < -0.39 is 0 Å². The first-order valence-corrected chi connectivity index (χ1v) is 10.4. The van der Waals surface area contributed by atoms with Crippen molar-refractivity contribution in [2.75, 3.05) is 5.32 Å². The van der Waals surface area contributed by atoms with Gasteiger partial charge in [0.1, 0.15) is 6.17 Å². The summed E-state index contributed by atoms with van der Waals surface area (Å²) in [5, 5.41) is 13.8. The van der Waals surface area contributed by atoms with Gasteiger partial charge in [0.25, 0.3) is 5.91 Å². The minimum atomic E-state index is -0.309. The molecule has 1 unspecified atom stereocenters. The summed E-state index contributed by atoms with van der Waals surface area (Å²) < 4.78 is 2.11. The van der Waals surface area contributed by atoms with Crippen LogP contribution in [0.25, 0.3) is 10.9 Å². The fraction of sp³-hybridized carbons (Fsp3) is 0.154. The lowest BCUT2D eigenvalue weighted by Gasteiger charge is -2.38. The summed E-state index contributed by atoms with van der Waals surface area (Å²) in [6, 6.07) is 28.1. The summed E-state index contributed by atoms with van der Waals surface area (Å²) in [6.07, 6.45) is 2.21. The van der Waals surface area contributed by atoms with E-state index in [-0.39, 0.29) is 12.1 Å². The Labute approximate surface area is 181 Å². The third kappa shape index (κ3) is 3.43. The maximum atomic E-state index is 13.6. The predicted molar refractivity (Wildman–Crippen MR) is 121 cm³/mol. The number of fused-ring (bicyclic) bond motifs is 2. The maximum Gasteiger partial charge on any atom is 0.258 e. The number of carbonyl (C=O) groups is 1. The molecular formula is C26H22N4O. The second-order valence-corrected chi connectivity index (χ2v) is 7.71. The summed E-state index contributed by atoms with van der Waals surface area (Å²) in [6.45, 7) is 1.12. The molecule has 0 saturated heterocycles. The second-order valence-electron chi connectivity index (χ2n) is 7.71. The van der Waals surface area contributed by atoms with Gasteiger partial charge >= 0.3 is 0 Å². The van der Waals surface area contributed by atoms with Crippen LogP contribution in [-0.2, 0) is 13.1 Å². The van der Waals surface area contributed by atoms with Crippen LogP contribution in [-0.4, -0.2) is 15.4 Å². The average Bonchev–Trinajstić information content (AvgIpc) is 3.18. The quantitative estimate of drug-likeness (QED) is 0.488. The Bertz CT molecular complexity index is 1290. The number of hydrogen-bond acceptors (Lipinski definition) is 3. The molecule has 1 aliphatic heterocycles. The van der Waals surface area contributed by atoms with Crippen LogP contribution in [0.1, 0.15) is 34.1 Å². The van der Waals surface area contributed by atoms with Crippen molar-refractivity contribution in [3.8, 4) is 6.07 Å². The number of anilines is 1. The van der Waals surface area contributed by atoms with E-state index in [1.807, 2.05) is 71.6 Å². The third-order valence-corrected chi connectivity index (χ3v) is 5.80. The van der Waals surface area contributed by atoms with Gasteiger partial charge in [0.15, 0.2) is 0 Å². The molecule has 4 aromatic rings. The van der Waals surface area contributed by atoms with Gasteiger partial charge in [0.05, 0.1) is 18.1 Å². The van der Waals surface area contributed by atoms with Gasteiger partial charge in [-0.1, -0.05) is 60.7 Å². The van der Waals surface area contributed by atoms with Crippen LogP contribution in [0.5, 0.6) is 0 Å². The first-order chi connectivity index (χ1) is 15.3. The number of benzene rings is 3. The normalized spacial score (nSPS) is 15.4. The van der Waals surface area contributed by atoms with Crippen molar-refractivity contribution in [1.82, 2.24) is 9.47 Å². The van der Waals surface area contributed by atoms with Crippen LogP contribution in [0.2, 0.25) is 0 Å². The Balaban J connectivity index is 1.63. The molecule has 1 aliphatic rings. The van der Waals surface area contributed by atoms with Crippen LogP contribution in [0.4, 0.5) is 5.69 Å². The zero-order valence-corrected chi connectivity index (χ0v) is 17.0. The van der Waals surface area contributed by atoms with E-state index in [1.165, 1.54) is 0 Å². The first-order valence-electron chi connectivity index (χ1n) is 10.4. The van der Waals surface area contributed by atoms with Crippen LogP contribution in [0.15, 0.2) is 85.1 Å². The molecule has 0 saturated carbocycles. The number of carbonyl (C=O) groups excluding carboxylic acids is 1. The standard InChI is InChI=1S/C26H22N4O/c27-15-8-16-29-18-22(20-11-5-7-14-24(20)29)25-28-23-13-6-4-12-21(23)26(31)30(25)17-19-9-2-1-3-10-19/h1-7,9-14,18,25,28H,8,16-17H2. The lowest BCUT2D eigenvalue weighted by atomic mass is 10.0. The largest absolute Gasteiger partial charge is 0.361 e. The van der Waals surface area contributed by atoms with E-state index in [0.717, 1.165) is 27.7 Å². The molecule has 31 heavy (non-hydrogen) atoms. The number of para-hydroxylation sites is 2. The Morgan fingerprint density at radius 2 is 1.68 bits per heavy atom. The van der Waals surface area contributed by atoms with Crippen molar-refractivity contribution >= 4 is 22.5 Å². The fourth-order valence-corrected chi connectivity index (χ4v) is 4.33. The van der Waals surface area contributed by atoms with Crippen molar-refractivity contribution < 1.29 is 4.79 Å². The van der Waals surface area contributed by atoms with Gasteiger partial charge in [-0.05, 0) is 23.8 Å². The number of nitriles is 1. The highest BCUT2D eigenvalue weighted by Gasteiger charge is 2.34. The summed E-state index contributed by atoms with van der Waals surface area (Å²) >= 11 is 0. The SMILES string of the molecule is N#CCCn1cc(C2Nc3ccccc3C(=O)N2Cc2ccccc2)c2ccccc21. The fourth-order valence-electron chi connectivity index (χ4n) is 4.33. The average molecular weight is 406 g/mol. The van der Waals surface area contributed by atoms with E-state index in [9.17, 15) is 4.79 Å². The lowest BCUT2D eigenvalue weighted by Crippen LogP contribution is -2.42. The van der Waals surface area contributed by atoms with Gasteiger partial charge in [0, 0.05) is 41.4 Å². The Morgan fingerprint density at radius 3 is 2.52 bits per heavy atom. The molecule has 1 atom stereocenters. The summed E-state index contributed by atoms with van der Waals surface area (Å²) in [7, 11) is 0. The monoisotopic (exact) mass is 406 g/mol. The van der Waals surface area contributed by atoms with Gasteiger partial charge < -0.3 is 14.8 Å². The third-order valence-electron chi connectivity index (χ3n) is 5.80. The smallest absolute Gasteiger partial charge is 0.258 e. The molecule has 5 nitrogen and oxygen atoms in total. The number of aryl methyl sites for hydroxylation is 1. The second kappa shape index (κ2) is 8.00. The van der Waals surface area contributed by atoms with E-state index in [1.54, 1.807) is 0 Å². The number of amides is 1. The highest BCUT2D eigenvalue weighted by Crippen LogP contribution is 2.37. The van der Waals surface area contributed by atoms with Crippen molar-refractivity contribution in [3.63, 3.8) is 0 Å². The Kier molecular flexibility index (Phi) is 4.89. The molecule has 3 aromatic carbocycles. The molecule has 0 spiro atoms. The molecule has 2 heterocycles. The zero-order valence-electron chi connectivity index (χ0n) is 17.0. The van der Waals surface area contributed by atoms with E-state index in [0.29, 0.717) is 25.1 Å². The number of rotatable bonds is 5. The van der Waals surface area contributed by atoms with Crippen molar-refractivity contribution in [1.29, 1.82) is 5.26 Å². The van der Waals surface area contributed by atoms with Crippen molar-refractivity contribution in [3.05, 3.63) is 102 Å². The Morgan fingerprint density at radius 1 is 0.935 bits per heavy atom. The highest BCUT2D eigenvalue weighted by molar-refractivity contribution is 6.02. The van der Waals surface area contributed by atoms with Gasteiger partial charge in [-0.2, -0.15) is 5.26 Å². The van der Waals surface area contributed by atoms with Crippen LogP contribution in [0, 0.1) is 11.3 Å². The molecule has 5 rings (SSSR count). The molecule has 0 bridgehead atoms. The van der Waals surface area contributed by atoms with Crippen LogP contribution in [0.3, 0.4) is 0 Å². The van der Waals surface area contributed by atoms with Crippen molar-refractivity contribution in [2.24, 2.45) is 0 Å². The van der Waals surface area contributed by atoms with Gasteiger partial charge in [-0.3, -0.25) is 4.79 Å². The molecular weight excluding hydrogens is 384 g/mol. The molecule has 0 fully saturated rings. The zero-order chi connectivity index (χ0) is 21.2. The summed E-state index contributed by atoms with van der Waals surface area (Å²) in [5.41, 5.74) is 4.71. The molecule has 0 radical (unpaired) electrons.